The average Bonchev–Trinajstić information content (AvgIpc) is 2.70. The summed E-state index contributed by atoms with van der Waals surface area (Å²) >= 11 is 5.86. The molecule has 0 saturated heterocycles. The van der Waals surface area contributed by atoms with Crippen molar-refractivity contribution in [1.82, 2.24) is 10.1 Å². The minimum Gasteiger partial charge on any atom is -0.361 e. The van der Waals surface area contributed by atoms with Gasteiger partial charge in [-0.15, -0.1) is 0 Å². The number of halogens is 1. The summed E-state index contributed by atoms with van der Waals surface area (Å²) in [7, 11) is 0. The van der Waals surface area contributed by atoms with Crippen LogP contribution in [0.4, 0.5) is 5.69 Å². The summed E-state index contributed by atoms with van der Waals surface area (Å²) < 4.78 is 4.82. The van der Waals surface area contributed by atoms with Gasteiger partial charge >= 0.3 is 0 Å². The van der Waals surface area contributed by atoms with Crippen molar-refractivity contribution in [3.8, 4) is 0 Å². The smallest absolute Gasteiger partial charge is 0.277 e. The summed E-state index contributed by atoms with van der Waals surface area (Å²) in [4.78, 5) is 15.7. The van der Waals surface area contributed by atoms with Gasteiger partial charge < -0.3 is 9.84 Å². The highest BCUT2D eigenvalue weighted by Gasteiger charge is 2.13. The standard InChI is InChI=1S/C11H10ClN3O2/c1-6-3-8(10(12)13-5-6)14-11(16)9-4-7(2)17-15-9/h3-5H,1-2H3,(H,14,16). The summed E-state index contributed by atoms with van der Waals surface area (Å²) in [5.74, 6) is 0.194. The van der Waals surface area contributed by atoms with Crippen LogP contribution in [0.2, 0.25) is 5.15 Å². The molecule has 2 aromatic rings. The number of pyridine rings is 1. The van der Waals surface area contributed by atoms with E-state index in [0.29, 0.717) is 11.4 Å². The van der Waals surface area contributed by atoms with Crippen LogP contribution in [-0.2, 0) is 0 Å². The Hall–Kier alpha value is -1.88. The summed E-state index contributed by atoms with van der Waals surface area (Å²) in [6.45, 7) is 3.57. The van der Waals surface area contributed by atoms with Gasteiger partial charge in [0.15, 0.2) is 10.8 Å². The van der Waals surface area contributed by atoms with Crippen LogP contribution in [0, 0.1) is 13.8 Å². The van der Waals surface area contributed by atoms with Crippen LogP contribution in [0.3, 0.4) is 0 Å². The van der Waals surface area contributed by atoms with E-state index in [-0.39, 0.29) is 16.8 Å². The maximum absolute atomic E-state index is 11.8. The van der Waals surface area contributed by atoms with Crippen molar-refractivity contribution in [3.05, 3.63) is 40.5 Å². The lowest BCUT2D eigenvalue weighted by atomic mass is 10.3. The summed E-state index contributed by atoms with van der Waals surface area (Å²) in [5, 5.41) is 6.48. The second kappa shape index (κ2) is 4.55. The first-order valence-electron chi connectivity index (χ1n) is 4.93. The molecule has 2 heterocycles. The molecule has 0 radical (unpaired) electrons. The highest BCUT2D eigenvalue weighted by atomic mass is 35.5. The topological polar surface area (TPSA) is 68.0 Å². The van der Waals surface area contributed by atoms with Crippen molar-refractivity contribution >= 4 is 23.2 Å². The van der Waals surface area contributed by atoms with Crippen molar-refractivity contribution in [2.24, 2.45) is 0 Å². The molecule has 0 spiro atoms. The number of nitrogens with zero attached hydrogens (tertiary/aromatic N) is 2. The Morgan fingerprint density at radius 3 is 2.82 bits per heavy atom. The number of hydrogen-bond acceptors (Lipinski definition) is 4. The molecule has 0 unspecified atom stereocenters. The first kappa shape index (κ1) is 11.6. The van der Waals surface area contributed by atoms with Gasteiger partial charge in [-0.3, -0.25) is 4.79 Å². The Bertz CT molecular complexity index is 566. The maximum atomic E-state index is 11.8. The molecule has 1 amide bonds. The van der Waals surface area contributed by atoms with E-state index in [9.17, 15) is 4.79 Å². The molecule has 0 aliphatic rings. The van der Waals surface area contributed by atoms with Crippen molar-refractivity contribution in [2.45, 2.75) is 13.8 Å². The molecule has 0 aliphatic carbocycles. The Morgan fingerprint density at radius 2 is 2.18 bits per heavy atom. The molecule has 0 atom stereocenters. The predicted octanol–water partition coefficient (Wildman–Crippen LogP) is 2.59. The van der Waals surface area contributed by atoms with Gasteiger partial charge in [-0.05, 0) is 25.5 Å². The van der Waals surface area contributed by atoms with E-state index < -0.39 is 0 Å². The van der Waals surface area contributed by atoms with E-state index in [1.54, 1.807) is 25.3 Å². The zero-order chi connectivity index (χ0) is 12.4. The molecule has 0 aromatic carbocycles. The van der Waals surface area contributed by atoms with Gasteiger partial charge in [0, 0.05) is 12.3 Å². The summed E-state index contributed by atoms with van der Waals surface area (Å²) in [6, 6.07) is 3.28. The first-order chi connectivity index (χ1) is 8.06. The number of aryl methyl sites for hydroxylation is 2. The number of nitrogens with one attached hydrogen (secondary N) is 1. The van der Waals surface area contributed by atoms with Gasteiger partial charge in [0.25, 0.3) is 5.91 Å². The van der Waals surface area contributed by atoms with Gasteiger partial charge in [-0.1, -0.05) is 16.8 Å². The van der Waals surface area contributed by atoms with Crippen LogP contribution < -0.4 is 5.32 Å². The van der Waals surface area contributed by atoms with Crippen molar-refractivity contribution in [3.63, 3.8) is 0 Å². The molecule has 0 bridgehead atoms. The van der Waals surface area contributed by atoms with Crippen molar-refractivity contribution in [1.29, 1.82) is 0 Å². The number of aromatic nitrogens is 2. The van der Waals surface area contributed by atoms with E-state index in [1.807, 2.05) is 6.92 Å². The van der Waals surface area contributed by atoms with Crippen molar-refractivity contribution < 1.29 is 9.32 Å². The Balaban J connectivity index is 2.21. The monoisotopic (exact) mass is 251 g/mol. The average molecular weight is 252 g/mol. The lowest BCUT2D eigenvalue weighted by Gasteiger charge is -2.05. The van der Waals surface area contributed by atoms with E-state index in [1.165, 1.54) is 0 Å². The quantitative estimate of drug-likeness (QED) is 0.833. The number of rotatable bonds is 2. The lowest BCUT2D eigenvalue weighted by molar-refractivity contribution is 0.101. The van der Waals surface area contributed by atoms with Crippen molar-refractivity contribution in [2.75, 3.05) is 5.32 Å². The fourth-order valence-electron chi connectivity index (χ4n) is 1.30. The van der Waals surface area contributed by atoms with Gasteiger partial charge in [0.1, 0.15) is 5.76 Å². The molecular weight excluding hydrogens is 242 g/mol. The van der Waals surface area contributed by atoms with Crippen LogP contribution in [0.25, 0.3) is 0 Å². The largest absolute Gasteiger partial charge is 0.361 e. The third kappa shape index (κ3) is 2.62. The number of carbonyl (C=O) groups excluding carboxylic acids is 1. The van der Waals surface area contributed by atoms with Crippen LogP contribution in [0.15, 0.2) is 22.9 Å². The molecule has 0 saturated carbocycles. The van der Waals surface area contributed by atoms with Gasteiger partial charge in [-0.25, -0.2) is 4.98 Å². The fourth-order valence-corrected chi connectivity index (χ4v) is 1.45. The highest BCUT2D eigenvalue weighted by molar-refractivity contribution is 6.32. The molecule has 6 heteroatoms. The van der Waals surface area contributed by atoms with E-state index in [2.05, 4.69) is 15.5 Å². The summed E-state index contributed by atoms with van der Waals surface area (Å²) in [6.07, 6.45) is 1.62. The summed E-state index contributed by atoms with van der Waals surface area (Å²) in [5.41, 5.74) is 1.57. The minimum atomic E-state index is -0.379. The zero-order valence-corrected chi connectivity index (χ0v) is 10.1. The fraction of sp³-hybridized carbons (Fsp3) is 0.182. The number of carbonyl (C=O) groups is 1. The van der Waals surface area contributed by atoms with Crippen LogP contribution >= 0.6 is 11.6 Å². The second-order valence-electron chi connectivity index (χ2n) is 3.63. The SMILES string of the molecule is Cc1cnc(Cl)c(NC(=O)c2cc(C)on2)c1. The van der Waals surface area contributed by atoms with Crippen LogP contribution in [0.1, 0.15) is 21.8 Å². The second-order valence-corrected chi connectivity index (χ2v) is 3.99. The number of amides is 1. The molecule has 2 rings (SSSR count). The zero-order valence-electron chi connectivity index (χ0n) is 9.32. The molecular formula is C11H10ClN3O2. The Morgan fingerprint density at radius 1 is 1.41 bits per heavy atom. The molecule has 1 N–H and O–H groups in total. The molecule has 17 heavy (non-hydrogen) atoms. The third-order valence-electron chi connectivity index (χ3n) is 2.08. The number of anilines is 1. The first-order valence-corrected chi connectivity index (χ1v) is 5.31. The minimum absolute atomic E-state index is 0.208. The van der Waals surface area contributed by atoms with Gasteiger partial charge in [-0.2, -0.15) is 0 Å². The van der Waals surface area contributed by atoms with E-state index in [4.69, 9.17) is 16.1 Å². The molecule has 2 aromatic heterocycles. The Labute approximate surface area is 103 Å². The predicted molar refractivity (Wildman–Crippen MR) is 63.2 cm³/mol. The Kier molecular flexibility index (Phi) is 3.10. The normalized spacial score (nSPS) is 10.3. The van der Waals surface area contributed by atoms with Crippen LogP contribution in [0.5, 0.6) is 0 Å². The molecule has 5 nitrogen and oxygen atoms in total. The molecule has 88 valence electrons. The number of hydrogen-bond donors (Lipinski definition) is 1. The van der Waals surface area contributed by atoms with Crippen LogP contribution in [-0.4, -0.2) is 16.0 Å². The lowest BCUT2D eigenvalue weighted by Crippen LogP contribution is -2.13. The van der Waals surface area contributed by atoms with Gasteiger partial charge in [0.05, 0.1) is 5.69 Å². The van der Waals surface area contributed by atoms with Gasteiger partial charge in [0.2, 0.25) is 0 Å². The van der Waals surface area contributed by atoms with E-state index >= 15 is 0 Å². The molecule has 0 fully saturated rings. The highest BCUT2D eigenvalue weighted by Crippen LogP contribution is 2.20. The third-order valence-corrected chi connectivity index (χ3v) is 2.39. The van der Waals surface area contributed by atoms with E-state index in [0.717, 1.165) is 5.56 Å². The molecule has 0 aliphatic heterocycles. The maximum Gasteiger partial charge on any atom is 0.277 e.